The molecule has 21 heavy (non-hydrogen) atoms. The zero-order chi connectivity index (χ0) is 15.7. The number of aryl methyl sites for hydroxylation is 1. The first-order valence-corrected chi connectivity index (χ1v) is 6.99. The van der Waals surface area contributed by atoms with E-state index in [2.05, 4.69) is 15.7 Å². The van der Waals surface area contributed by atoms with Crippen LogP contribution >= 0.6 is 12.0 Å². The third-order valence-electron chi connectivity index (χ3n) is 2.33. The van der Waals surface area contributed by atoms with E-state index in [-0.39, 0.29) is 5.91 Å². The third kappa shape index (κ3) is 5.91. The van der Waals surface area contributed by atoms with Gasteiger partial charge in [-0.1, -0.05) is 0 Å². The molecule has 0 fully saturated rings. The van der Waals surface area contributed by atoms with Gasteiger partial charge in [0.05, 0.1) is 18.9 Å². The fraction of sp³-hybridized carbons (Fsp3) is 0.385. The van der Waals surface area contributed by atoms with Gasteiger partial charge in [-0.05, 0) is 24.6 Å². The Hall–Kier alpha value is -1.95. The van der Waals surface area contributed by atoms with Crippen molar-refractivity contribution in [2.75, 3.05) is 24.9 Å². The zero-order valence-corrected chi connectivity index (χ0v) is 12.9. The summed E-state index contributed by atoms with van der Waals surface area (Å²) < 4.78 is 9.89. The number of ether oxygens (including phenoxy) is 1. The second-order valence-electron chi connectivity index (χ2n) is 4.02. The van der Waals surface area contributed by atoms with Crippen LogP contribution in [0.5, 0.6) is 5.75 Å². The predicted molar refractivity (Wildman–Crippen MR) is 80.9 cm³/mol. The number of anilines is 1. The molecule has 1 aromatic rings. The van der Waals surface area contributed by atoms with E-state index in [1.807, 2.05) is 0 Å². The molecule has 7 nitrogen and oxygen atoms in total. The molecule has 0 heterocycles. The van der Waals surface area contributed by atoms with Gasteiger partial charge in [0.2, 0.25) is 5.91 Å². The maximum atomic E-state index is 11.0. The van der Waals surface area contributed by atoms with Gasteiger partial charge < -0.3 is 9.62 Å². The average molecular weight is 311 g/mol. The summed E-state index contributed by atoms with van der Waals surface area (Å²) in [5.74, 6) is 0.726. The maximum Gasteiger partial charge on any atom is 0.235 e. The van der Waals surface area contributed by atoms with Crippen LogP contribution in [0.15, 0.2) is 12.1 Å². The molecule has 114 valence electrons. The number of nitrogens with one attached hydrogen (secondary N) is 2. The van der Waals surface area contributed by atoms with Gasteiger partial charge in [-0.25, -0.2) is 4.85 Å². The van der Waals surface area contributed by atoms with Crippen molar-refractivity contribution in [1.82, 2.24) is 5.43 Å². The first-order valence-electron chi connectivity index (χ1n) is 6.08. The van der Waals surface area contributed by atoms with Crippen LogP contribution in [0, 0.1) is 13.5 Å². The molecule has 0 aliphatic rings. The number of carbonyl (C=O) groups is 1. The van der Waals surface area contributed by atoms with Crippen molar-refractivity contribution >= 4 is 29.3 Å². The fourth-order valence-corrected chi connectivity index (χ4v) is 1.75. The Labute approximate surface area is 127 Å². The highest BCUT2D eigenvalue weighted by atomic mass is 32.2. The topological polar surface area (TPSA) is 73.2 Å². The highest BCUT2D eigenvalue weighted by Crippen LogP contribution is 2.33. The SMILES string of the molecule is [C-]#[N+]c1cc(NNC(C)=O)c(OOSCCOC)cc1C. The Bertz CT molecular complexity index is 531. The van der Waals surface area contributed by atoms with Gasteiger partial charge in [0.1, 0.15) is 0 Å². The van der Waals surface area contributed by atoms with E-state index in [4.69, 9.17) is 20.5 Å². The lowest BCUT2D eigenvalue weighted by molar-refractivity contribution is -0.118. The molecule has 0 aliphatic carbocycles. The van der Waals surface area contributed by atoms with Crippen molar-refractivity contribution in [2.24, 2.45) is 0 Å². The van der Waals surface area contributed by atoms with Crippen molar-refractivity contribution in [3.63, 3.8) is 0 Å². The predicted octanol–water partition coefficient (Wildman–Crippen LogP) is 2.61. The number of hydrazine groups is 1. The molecule has 0 bridgehead atoms. The van der Waals surface area contributed by atoms with Crippen LogP contribution < -0.4 is 15.7 Å². The van der Waals surface area contributed by atoms with Crippen molar-refractivity contribution in [2.45, 2.75) is 13.8 Å². The standard InChI is InChI=1S/C13H17N3O4S/c1-9-7-13(19-20-21-6-5-18-4)12(8-11(9)14-3)16-15-10(2)17/h7-8,16H,5-6H2,1-2,4H3,(H,15,17). The average Bonchev–Trinajstić information content (AvgIpc) is 2.45. The summed E-state index contributed by atoms with van der Waals surface area (Å²) in [5.41, 5.74) is 6.76. The Morgan fingerprint density at radius 3 is 2.86 bits per heavy atom. The molecule has 0 aromatic heterocycles. The Morgan fingerprint density at radius 1 is 1.48 bits per heavy atom. The summed E-state index contributed by atoms with van der Waals surface area (Å²) in [6.07, 6.45) is 0. The van der Waals surface area contributed by atoms with Gasteiger partial charge in [0.25, 0.3) is 0 Å². The summed E-state index contributed by atoms with van der Waals surface area (Å²) in [7, 11) is 1.60. The summed E-state index contributed by atoms with van der Waals surface area (Å²) in [5, 5.41) is 0. The summed E-state index contributed by atoms with van der Waals surface area (Å²) in [6, 6.07) is 3.24. The van der Waals surface area contributed by atoms with Crippen LogP contribution in [-0.2, 0) is 13.9 Å². The van der Waals surface area contributed by atoms with E-state index in [0.29, 0.717) is 29.5 Å². The Morgan fingerprint density at radius 2 is 2.24 bits per heavy atom. The number of methoxy groups -OCH3 is 1. The second-order valence-corrected chi connectivity index (χ2v) is 4.80. The number of hydrogen-bond donors (Lipinski definition) is 2. The van der Waals surface area contributed by atoms with E-state index >= 15 is 0 Å². The molecule has 1 rings (SSSR count). The second kappa shape index (κ2) is 9.07. The minimum absolute atomic E-state index is 0.263. The molecule has 0 aliphatic heterocycles. The van der Waals surface area contributed by atoms with Crippen LogP contribution in [0.1, 0.15) is 12.5 Å². The van der Waals surface area contributed by atoms with Crippen molar-refractivity contribution in [1.29, 1.82) is 0 Å². The lowest BCUT2D eigenvalue weighted by Crippen LogP contribution is -2.26. The van der Waals surface area contributed by atoms with E-state index in [0.717, 1.165) is 17.6 Å². The molecule has 1 amide bonds. The van der Waals surface area contributed by atoms with Crippen molar-refractivity contribution < 1.29 is 18.8 Å². The van der Waals surface area contributed by atoms with E-state index in [9.17, 15) is 4.79 Å². The zero-order valence-electron chi connectivity index (χ0n) is 12.1. The number of benzene rings is 1. The first-order chi connectivity index (χ1) is 10.1. The normalized spacial score (nSPS) is 9.81. The van der Waals surface area contributed by atoms with Crippen LogP contribution in [0.3, 0.4) is 0 Å². The lowest BCUT2D eigenvalue weighted by Gasteiger charge is -2.13. The lowest BCUT2D eigenvalue weighted by atomic mass is 10.1. The van der Waals surface area contributed by atoms with Gasteiger partial charge in [-0.2, -0.15) is 0 Å². The van der Waals surface area contributed by atoms with Crippen LogP contribution in [0.4, 0.5) is 11.4 Å². The molecule has 2 N–H and O–H groups in total. The van der Waals surface area contributed by atoms with E-state index in [1.54, 1.807) is 26.2 Å². The molecular weight excluding hydrogens is 294 g/mol. The molecule has 0 saturated carbocycles. The van der Waals surface area contributed by atoms with E-state index in [1.165, 1.54) is 6.92 Å². The molecule has 0 unspecified atom stereocenters. The van der Waals surface area contributed by atoms with Crippen LogP contribution in [-0.4, -0.2) is 25.4 Å². The summed E-state index contributed by atoms with van der Waals surface area (Å²) in [4.78, 5) is 19.5. The van der Waals surface area contributed by atoms with Gasteiger partial charge in [-0.15, -0.1) is 4.33 Å². The van der Waals surface area contributed by atoms with Crippen molar-refractivity contribution in [3.05, 3.63) is 29.1 Å². The van der Waals surface area contributed by atoms with Crippen LogP contribution in [0.2, 0.25) is 0 Å². The van der Waals surface area contributed by atoms with Gasteiger partial charge >= 0.3 is 0 Å². The van der Waals surface area contributed by atoms with Gasteiger partial charge in [-0.3, -0.25) is 15.6 Å². The number of carbonyl (C=O) groups excluding carboxylic acids is 1. The molecule has 0 atom stereocenters. The summed E-state index contributed by atoms with van der Waals surface area (Å²) in [6.45, 7) is 10.8. The number of nitrogens with zero attached hydrogens (tertiary/aromatic N) is 1. The largest absolute Gasteiger partial charge is 0.384 e. The molecule has 0 radical (unpaired) electrons. The van der Waals surface area contributed by atoms with E-state index < -0.39 is 0 Å². The van der Waals surface area contributed by atoms with Gasteiger partial charge in [0, 0.05) is 31.8 Å². The summed E-state index contributed by atoms with van der Waals surface area (Å²) >= 11 is 1.10. The Balaban J connectivity index is 2.76. The molecule has 0 saturated heterocycles. The molecule has 8 heteroatoms. The minimum Gasteiger partial charge on any atom is -0.384 e. The third-order valence-corrected chi connectivity index (χ3v) is 2.83. The number of hydrogen-bond acceptors (Lipinski definition) is 6. The minimum atomic E-state index is -0.263. The Kier molecular flexibility index (Phi) is 7.39. The number of rotatable bonds is 8. The van der Waals surface area contributed by atoms with Gasteiger partial charge in [0.15, 0.2) is 11.4 Å². The fourth-order valence-electron chi connectivity index (χ4n) is 1.32. The number of amides is 1. The highest BCUT2D eigenvalue weighted by Gasteiger charge is 2.10. The maximum absolute atomic E-state index is 11.0. The highest BCUT2D eigenvalue weighted by molar-refractivity contribution is 7.94. The molecular formula is C13H17N3O4S. The quantitative estimate of drug-likeness (QED) is 0.253. The van der Waals surface area contributed by atoms with Crippen molar-refractivity contribution in [3.8, 4) is 5.75 Å². The molecule has 0 spiro atoms. The van der Waals surface area contributed by atoms with Crippen LogP contribution in [0.25, 0.3) is 4.85 Å². The smallest absolute Gasteiger partial charge is 0.235 e. The first kappa shape index (κ1) is 17.1. The monoisotopic (exact) mass is 311 g/mol. The molecule has 1 aromatic carbocycles.